The van der Waals surface area contributed by atoms with Crippen molar-refractivity contribution < 1.29 is 14.3 Å². The Balaban J connectivity index is 2.46. The van der Waals surface area contributed by atoms with Crippen LogP contribution in [-0.2, 0) is 11.3 Å². The highest BCUT2D eigenvalue weighted by molar-refractivity contribution is 9.10. The van der Waals surface area contributed by atoms with Crippen molar-refractivity contribution in [2.24, 2.45) is 5.73 Å². The molecule has 104 valence electrons. The van der Waals surface area contributed by atoms with E-state index in [0.29, 0.717) is 25.2 Å². The highest BCUT2D eigenvalue weighted by atomic mass is 79.9. The van der Waals surface area contributed by atoms with Gasteiger partial charge in [-0.05, 0) is 17.7 Å². The van der Waals surface area contributed by atoms with Gasteiger partial charge in [0, 0.05) is 24.1 Å². The minimum absolute atomic E-state index is 0.370. The van der Waals surface area contributed by atoms with E-state index in [9.17, 15) is 9.59 Å². The summed E-state index contributed by atoms with van der Waals surface area (Å²) in [5, 5.41) is 5.63. The number of esters is 1. The monoisotopic (exact) mass is 329 g/mol. The molecule has 0 aromatic heterocycles. The van der Waals surface area contributed by atoms with E-state index in [1.165, 1.54) is 7.11 Å². The van der Waals surface area contributed by atoms with Crippen molar-refractivity contribution in [2.75, 3.05) is 20.2 Å². The number of carbonyl (C=O) groups excluding carboxylic acids is 2. The number of rotatable bonds is 6. The van der Waals surface area contributed by atoms with E-state index < -0.39 is 6.03 Å². The van der Waals surface area contributed by atoms with Gasteiger partial charge in [-0.2, -0.15) is 0 Å². The van der Waals surface area contributed by atoms with Crippen LogP contribution in [0, 0.1) is 0 Å². The zero-order chi connectivity index (χ0) is 14.3. The molecule has 0 spiro atoms. The second-order valence-corrected chi connectivity index (χ2v) is 4.62. The molecule has 0 unspecified atom stereocenters. The molecule has 2 amide bonds. The van der Waals surface area contributed by atoms with E-state index in [1.807, 2.05) is 6.07 Å². The minimum Gasteiger partial charge on any atom is -0.465 e. The molecule has 0 atom stereocenters. The number of amides is 2. The zero-order valence-corrected chi connectivity index (χ0v) is 12.1. The molecule has 0 heterocycles. The lowest BCUT2D eigenvalue weighted by molar-refractivity contribution is 0.0600. The normalized spacial score (nSPS) is 10.0. The Kier molecular flexibility index (Phi) is 6.31. The summed E-state index contributed by atoms with van der Waals surface area (Å²) in [6.45, 7) is 1.68. The quantitative estimate of drug-likeness (QED) is 0.536. The molecule has 0 radical (unpaired) electrons. The third-order valence-corrected chi connectivity index (χ3v) is 3.13. The fourth-order valence-electron chi connectivity index (χ4n) is 1.43. The SMILES string of the molecule is COC(=O)c1ccc(CNCCNC(N)=O)c(Br)c1. The lowest BCUT2D eigenvalue weighted by Crippen LogP contribution is -2.35. The number of benzene rings is 1. The van der Waals surface area contributed by atoms with Crippen LogP contribution < -0.4 is 16.4 Å². The van der Waals surface area contributed by atoms with Crippen molar-refractivity contribution in [1.29, 1.82) is 0 Å². The predicted octanol–water partition coefficient (Wildman–Crippen LogP) is 0.994. The first-order chi connectivity index (χ1) is 9.04. The Morgan fingerprint density at radius 3 is 2.68 bits per heavy atom. The molecule has 1 rings (SSSR count). The average molecular weight is 330 g/mol. The van der Waals surface area contributed by atoms with Gasteiger partial charge in [0.2, 0.25) is 0 Å². The Morgan fingerprint density at radius 1 is 1.37 bits per heavy atom. The van der Waals surface area contributed by atoms with Gasteiger partial charge in [-0.15, -0.1) is 0 Å². The van der Waals surface area contributed by atoms with Crippen LogP contribution in [-0.4, -0.2) is 32.2 Å². The molecule has 0 saturated carbocycles. The van der Waals surface area contributed by atoms with Gasteiger partial charge in [-0.3, -0.25) is 0 Å². The number of primary amides is 1. The molecular formula is C12H16BrN3O3. The number of nitrogens with two attached hydrogens (primary N) is 1. The lowest BCUT2D eigenvalue weighted by Gasteiger charge is -2.08. The Labute approximate surface area is 119 Å². The van der Waals surface area contributed by atoms with Crippen LogP contribution in [0.15, 0.2) is 22.7 Å². The first-order valence-electron chi connectivity index (χ1n) is 5.65. The number of urea groups is 1. The van der Waals surface area contributed by atoms with Crippen molar-refractivity contribution in [3.8, 4) is 0 Å². The summed E-state index contributed by atoms with van der Waals surface area (Å²) in [6.07, 6.45) is 0. The van der Waals surface area contributed by atoms with Crippen molar-refractivity contribution >= 4 is 27.9 Å². The fourth-order valence-corrected chi connectivity index (χ4v) is 1.95. The maximum Gasteiger partial charge on any atom is 0.337 e. The largest absolute Gasteiger partial charge is 0.465 e. The van der Waals surface area contributed by atoms with Crippen molar-refractivity contribution in [1.82, 2.24) is 10.6 Å². The van der Waals surface area contributed by atoms with E-state index in [2.05, 4.69) is 31.3 Å². The van der Waals surface area contributed by atoms with Gasteiger partial charge in [0.15, 0.2) is 0 Å². The molecule has 7 heteroatoms. The molecule has 1 aromatic carbocycles. The van der Waals surface area contributed by atoms with Gasteiger partial charge in [0.1, 0.15) is 0 Å². The number of hydrogen-bond donors (Lipinski definition) is 3. The molecule has 19 heavy (non-hydrogen) atoms. The molecule has 1 aromatic rings. The summed E-state index contributed by atoms with van der Waals surface area (Å²) >= 11 is 3.40. The highest BCUT2D eigenvalue weighted by Crippen LogP contribution is 2.19. The van der Waals surface area contributed by atoms with Crippen LogP contribution in [0.5, 0.6) is 0 Å². The van der Waals surface area contributed by atoms with E-state index >= 15 is 0 Å². The van der Waals surface area contributed by atoms with Crippen LogP contribution in [0.3, 0.4) is 0 Å². The van der Waals surface area contributed by atoms with Crippen LogP contribution in [0.1, 0.15) is 15.9 Å². The topological polar surface area (TPSA) is 93.4 Å². The smallest absolute Gasteiger partial charge is 0.337 e. The van der Waals surface area contributed by atoms with Gasteiger partial charge >= 0.3 is 12.0 Å². The van der Waals surface area contributed by atoms with Crippen molar-refractivity contribution in [3.05, 3.63) is 33.8 Å². The summed E-state index contributed by atoms with van der Waals surface area (Å²) in [5.41, 5.74) is 6.44. The van der Waals surface area contributed by atoms with Crippen LogP contribution >= 0.6 is 15.9 Å². The number of methoxy groups -OCH3 is 1. The number of ether oxygens (including phenoxy) is 1. The van der Waals surface area contributed by atoms with Gasteiger partial charge in [-0.25, -0.2) is 9.59 Å². The molecule has 0 aliphatic heterocycles. The number of nitrogens with one attached hydrogen (secondary N) is 2. The van der Waals surface area contributed by atoms with Crippen molar-refractivity contribution in [3.63, 3.8) is 0 Å². The van der Waals surface area contributed by atoms with E-state index in [1.54, 1.807) is 12.1 Å². The molecule has 0 bridgehead atoms. The average Bonchev–Trinajstić information content (AvgIpc) is 2.38. The number of halogens is 1. The second-order valence-electron chi connectivity index (χ2n) is 3.77. The molecule has 0 aliphatic carbocycles. The lowest BCUT2D eigenvalue weighted by atomic mass is 10.1. The highest BCUT2D eigenvalue weighted by Gasteiger charge is 2.08. The van der Waals surface area contributed by atoms with E-state index in [4.69, 9.17) is 5.73 Å². The van der Waals surface area contributed by atoms with E-state index in [0.717, 1.165) is 10.0 Å². The Bertz CT molecular complexity index is 466. The molecular weight excluding hydrogens is 314 g/mol. The van der Waals surface area contributed by atoms with Crippen LogP contribution in [0.4, 0.5) is 4.79 Å². The van der Waals surface area contributed by atoms with Gasteiger partial charge in [0.05, 0.1) is 12.7 Å². The summed E-state index contributed by atoms with van der Waals surface area (Å²) in [4.78, 5) is 21.8. The number of hydrogen-bond acceptors (Lipinski definition) is 4. The second kappa shape index (κ2) is 7.75. The third-order valence-electron chi connectivity index (χ3n) is 2.39. The van der Waals surface area contributed by atoms with Crippen LogP contribution in [0.25, 0.3) is 0 Å². The van der Waals surface area contributed by atoms with Gasteiger partial charge < -0.3 is 21.1 Å². The maximum atomic E-state index is 11.3. The molecule has 6 nitrogen and oxygen atoms in total. The zero-order valence-electron chi connectivity index (χ0n) is 10.5. The van der Waals surface area contributed by atoms with Gasteiger partial charge in [0.25, 0.3) is 0 Å². The third kappa shape index (κ3) is 5.27. The fraction of sp³-hybridized carbons (Fsp3) is 0.333. The summed E-state index contributed by atoms with van der Waals surface area (Å²) in [7, 11) is 1.34. The minimum atomic E-state index is -0.537. The first kappa shape index (κ1) is 15.5. The molecule has 0 aliphatic rings. The first-order valence-corrected chi connectivity index (χ1v) is 6.44. The van der Waals surface area contributed by atoms with E-state index in [-0.39, 0.29) is 5.97 Å². The summed E-state index contributed by atoms with van der Waals surface area (Å²) < 4.78 is 5.46. The number of carbonyl (C=O) groups is 2. The Morgan fingerprint density at radius 2 is 2.11 bits per heavy atom. The van der Waals surface area contributed by atoms with Crippen molar-refractivity contribution in [2.45, 2.75) is 6.54 Å². The van der Waals surface area contributed by atoms with Crippen LogP contribution in [0.2, 0.25) is 0 Å². The molecule has 0 fully saturated rings. The standard InChI is InChI=1S/C12H16BrN3O3/c1-19-11(17)8-2-3-9(10(13)6-8)7-15-4-5-16-12(14)18/h2-3,6,15H,4-5,7H2,1H3,(H3,14,16,18). The summed E-state index contributed by atoms with van der Waals surface area (Å²) in [6, 6.07) is 4.72. The maximum absolute atomic E-state index is 11.3. The van der Waals surface area contributed by atoms with Gasteiger partial charge in [-0.1, -0.05) is 22.0 Å². The molecule has 4 N–H and O–H groups in total. The predicted molar refractivity (Wildman–Crippen MR) is 74.8 cm³/mol. The molecule has 0 saturated heterocycles. The summed E-state index contributed by atoms with van der Waals surface area (Å²) in [5.74, 6) is -0.370. The Hall–Kier alpha value is -1.60.